The molecule has 1 aromatic rings. The molecular weight excluding hydrogens is 582 g/mol. The number of hydrogen-bond acceptors (Lipinski definition) is 10. The lowest BCUT2D eigenvalue weighted by molar-refractivity contribution is -0.153. The summed E-state index contributed by atoms with van der Waals surface area (Å²) >= 11 is 6.65. The zero-order valence-electron chi connectivity index (χ0n) is 25.2. The molecule has 3 aliphatic rings. The first-order chi connectivity index (χ1) is 20.4. The Labute approximate surface area is 256 Å². The highest BCUT2D eigenvalue weighted by molar-refractivity contribution is 6.35. The number of amides is 2. The first-order valence-electron chi connectivity index (χ1n) is 14.1. The molecule has 0 radical (unpaired) electrons. The molecule has 0 spiro atoms. The Kier molecular flexibility index (Phi) is 10.4. The Morgan fingerprint density at radius 1 is 1.30 bits per heavy atom. The Morgan fingerprint density at radius 2 is 2.05 bits per heavy atom. The molecule has 3 N–H and O–H groups in total. The third-order valence-corrected chi connectivity index (χ3v) is 8.33. The van der Waals surface area contributed by atoms with E-state index in [0.29, 0.717) is 17.9 Å². The number of carbonyl (C=O) groups is 3. The monoisotopic (exact) mass is 621 g/mol. The van der Waals surface area contributed by atoms with Crippen LogP contribution in [-0.2, 0) is 35.0 Å². The summed E-state index contributed by atoms with van der Waals surface area (Å²) in [4.78, 5) is 40.3. The van der Waals surface area contributed by atoms with Gasteiger partial charge in [-0.15, -0.1) is 0 Å². The Bertz CT molecular complexity index is 1290. The number of epoxide rings is 1. The third kappa shape index (κ3) is 7.68. The van der Waals surface area contributed by atoms with Crippen molar-refractivity contribution in [1.82, 2.24) is 10.6 Å². The van der Waals surface area contributed by atoms with Gasteiger partial charge < -0.3 is 39.0 Å². The van der Waals surface area contributed by atoms with E-state index in [9.17, 15) is 19.5 Å². The predicted molar refractivity (Wildman–Crippen MR) is 158 cm³/mol. The summed E-state index contributed by atoms with van der Waals surface area (Å²) in [6.45, 7) is 3.58. The molecule has 4 bridgehead atoms. The fourth-order valence-corrected chi connectivity index (χ4v) is 5.67. The maximum atomic E-state index is 13.6. The van der Waals surface area contributed by atoms with E-state index in [1.807, 2.05) is 19.1 Å². The van der Waals surface area contributed by atoms with Crippen LogP contribution in [0.4, 0.5) is 10.5 Å². The minimum absolute atomic E-state index is 0.0178. The highest BCUT2D eigenvalue weighted by Gasteiger charge is 2.52. The van der Waals surface area contributed by atoms with Crippen LogP contribution in [0.15, 0.2) is 35.9 Å². The van der Waals surface area contributed by atoms with E-state index in [1.54, 1.807) is 39.2 Å². The number of methoxy groups -OCH3 is 2. The Morgan fingerprint density at radius 3 is 2.72 bits per heavy atom. The fraction of sp³-hybridized carbons (Fsp3) is 0.567. The first-order valence-corrected chi connectivity index (χ1v) is 14.5. The topological polar surface area (TPSA) is 148 Å². The predicted octanol–water partition coefficient (Wildman–Crippen LogP) is 2.64. The number of fused-ring (bicyclic) bond motifs is 5. The summed E-state index contributed by atoms with van der Waals surface area (Å²) in [6, 6.07) is 3.00. The number of benzene rings is 1. The van der Waals surface area contributed by atoms with Crippen LogP contribution in [0.1, 0.15) is 38.7 Å². The number of esters is 1. The molecule has 0 unspecified atom stereocenters. The summed E-state index contributed by atoms with van der Waals surface area (Å²) in [5, 5.41) is 17.0. The van der Waals surface area contributed by atoms with Gasteiger partial charge in [0.05, 0.1) is 25.3 Å². The standard InChI is InChI=1S/C30H40ClN3O9/c1-16-8-7-9-24(40-6)30(38)15-19(41-29(37)33-30)13-22-27(42-22)23(43-28(36)17(2)32-3)14-25(35)34(4)20-11-18(10-16)12-21(39-5)26(20)31/h7-9,11-12,17,19,22-24,27,32,38H,10,13-15H2,1-6H3,(H,33,37)/b9-7+,16-8+/t17-,19-,22+,23+,24-,27-,30+/m1/s1. The minimum Gasteiger partial charge on any atom is -0.495 e. The number of anilines is 1. The quantitative estimate of drug-likeness (QED) is 0.331. The van der Waals surface area contributed by atoms with Crippen LogP contribution in [-0.4, -0.2) is 93.7 Å². The van der Waals surface area contributed by atoms with Crippen LogP contribution in [0.25, 0.3) is 0 Å². The van der Waals surface area contributed by atoms with Gasteiger partial charge in [0, 0.05) is 27.0 Å². The lowest BCUT2D eigenvalue weighted by Crippen LogP contribution is -2.62. The molecule has 3 aliphatic heterocycles. The van der Waals surface area contributed by atoms with E-state index in [4.69, 9.17) is 35.3 Å². The van der Waals surface area contributed by atoms with Crippen LogP contribution in [0.5, 0.6) is 5.75 Å². The molecule has 13 heteroatoms. The van der Waals surface area contributed by atoms with Crippen molar-refractivity contribution in [3.05, 3.63) is 46.5 Å². The molecule has 236 valence electrons. The van der Waals surface area contributed by atoms with E-state index in [0.717, 1.165) is 11.1 Å². The van der Waals surface area contributed by atoms with Crippen LogP contribution in [0, 0.1) is 0 Å². The number of hydrogen-bond donors (Lipinski definition) is 3. The number of nitrogens with zero attached hydrogens (tertiary/aromatic N) is 1. The van der Waals surface area contributed by atoms with Crippen molar-refractivity contribution in [2.24, 2.45) is 0 Å². The van der Waals surface area contributed by atoms with Crippen LogP contribution in [0.3, 0.4) is 0 Å². The van der Waals surface area contributed by atoms with Gasteiger partial charge in [-0.25, -0.2) is 4.79 Å². The molecule has 0 aliphatic carbocycles. The number of halogens is 1. The lowest BCUT2D eigenvalue weighted by Gasteiger charge is -2.40. The average Bonchev–Trinajstić information content (AvgIpc) is 3.72. The smallest absolute Gasteiger partial charge is 0.409 e. The summed E-state index contributed by atoms with van der Waals surface area (Å²) in [5.74, 6) is -0.495. The second kappa shape index (κ2) is 13.6. The zero-order chi connectivity index (χ0) is 31.5. The van der Waals surface area contributed by atoms with Crippen molar-refractivity contribution < 1.29 is 43.2 Å². The first kappa shape index (κ1) is 32.7. The van der Waals surface area contributed by atoms with Gasteiger partial charge in [0.1, 0.15) is 41.2 Å². The second-order valence-corrected chi connectivity index (χ2v) is 11.5. The van der Waals surface area contributed by atoms with Gasteiger partial charge >= 0.3 is 12.1 Å². The third-order valence-electron chi connectivity index (χ3n) is 7.95. The van der Waals surface area contributed by atoms with Crippen molar-refractivity contribution in [2.45, 2.75) is 81.8 Å². The number of rotatable bonds is 5. The fourth-order valence-electron chi connectivity index (χ4n) is 5.35. The largest absolute Gasteiger partial charge is 0.495 e. The van der Waals surface area contributed by atoms with Crippen molar-refractivity contribution in [3.63, 3.8) is 0 Å². The number of allylic oxidation sites excluding steroid dienone is 3. The summed E-state index contributed by atoms with van der Waals surface area (Å²) < 4.78 is 28.1. The van der Waals surface area contributed by atoms with Gasteiger partial charge in [0.25, 0.3) is 0 Å². The average molecular weight is 622 g/mol. The molecule has 0 saturated carbocycles. The molecule has 43 heavy (non-hydrogen) atoms. The maximum absolute atomic E-state index is 13.6. The van der Waals surface area contributed by atoms with E-state index in [1.165, 1.54) is 19.1 Å². The van der Waals surface area contributed by atoms with Crippen molar-refractivity contribution >= 4 is 35.3 Å². The molecule has 12 nitrogen and oxygen atoms in total. The molecule has 2 saturated heterocycles. The number of carbonyl (C=O) groups excluding carboxylic acids is 3. The second-order valence-electron chi connectivity index (χ2n) is 11.2. The van der Waals surface area contributed by atoms with Crippen LogP contribution < -0.4 is 20.3 Å². The highest BCUT2D eigenvalue weighted by Crippen LogP contribution is 2.39. The number of ether oxygens (including phenoxy) is 5. The van der Waals surface area contributed by atoms with E-state index in [-0.39, 0.29) is 30.2 Å². The number of alkyl carbamates (subject to hydrolysis) is 1. The number of nitrogens with one attached hydrogen (secondary N) is 2. The van der Waals surface area contributed by atoms with Gasteiger partial charge in [-0.3, -0.25) is 14.9 Å². The maximum Gasteiger partial charge on any atom is 0.409 e. The lowest BCUT2D eigenvalue weighted by atomic mass is 9.93. The summed E-state index contributed by atoms with van der Waals surface area (Å²) in [7, 11) is 6.17. The summed E-state index contributed by atoms with van der Waals surface area (Å²) in [6.07, 6.45) is 1.38. The molecule has 4 rings (SSSR count). The molecule has 3 heterocycles. The number of aliphatic hydroxyl groups is 1. The van der Waals surface area contributed by atoms with Crippen LogP contribution >= 0.6 is 11.6 Å². The minimum atomic E-state index is -1.74. The van der Waals surface area contributed by atoms with Gasteiger partial charge in [-0.2, -0.15) is 0 Å². The Balaban J connectivity index is 1.73. The molecule has 1 aromatic carbocycles. The van der Waals surface area contributed by atoms with Crippen molar-refractivity contribution in [2.75, 3.05) is 33.2 Å². The highest BCUT2D eigenvalue weighted by atomic mass is 35.5. The molecule has 2 fully saturated rings. The van der Waals surface area contributed by atoms with Crippen LogP contribution in [0.2, 0.25) is 5.02 Å². The van der Waals surface area contributed by atoms with E-state index >= 15 is 0 Å². The summed E-state index contributed by atoms with van der Waals surface area (Å²) in [5.41, 5.74) is 0.495. The normalized spacial score (nSPS) is 32.3. The van der Waals surface area contributed by atoms with Gasteiger partial charge in [-0.05, 0) is 45.0 Å². The van der Waals surface area contributed by atoms with Gasteiger partial charge in [-0.1, -0.05) is 35.4 Å². The number of likely N-dealkylation sites (N-methyl/N-ethyl adjacent to an activating group) is 1. The zero-order valence-corrected chi connectivity index (χ0v) is 26.0. The van der Waals surface area contributed by atoms with Gasteiger partial charge in [0.15, 0.2) is 5.72 Å². The van der Waals surface area contributed by atoms with Gasteiger partial charge in [0.2, 0.25) is 5.91 Å². The Hall–Kier alpha value is -3.16. The van der Waals surface area contributed by atoms with E-state index < -0.39 is 54.3 Å². The van der Waals surface area contributed by atoms with Crippen molar-refractivity contribution in [1.29, 1.82) is 0 Å². The van der Waals surface area contributed by atoms with Crippen molar-refractivity contribution in [3.8, 4) is 5.75 Å². The molecule has 7 atom stereocenters. The molecular formula is C30H40ClN3O9. The SMILES string of the molecule is CN[C@H](C)C(=O)O[C@H]1CC(=O)N(C)c2cc(cc(OC)c2Cl)C/C(C)=C/C=C/[C@@H](OC)[C@@]2(O)C[C@@H](C[C@@H]3O[C@@H]13)OC(=O)N2. The van der Waals surface area contributed by atoms with E-state index in [2.05, 4.69) is 10.6 Å². The molecule has 0 aromatic heterocycles. The molecule has 2 amide bonds.